The molecule has 0 spiro atoms. The summed E-state index contributed by atoms with van der Waals surface area (Å²) in [5, 5.41) is 27.4. The third kappa shape index (κ3) is 2.64. The Kier molecular flexibility index (Phi) is 3.01. The number of benzene rings is 1. The molecule has 14 heavy (non-hydrogen) atoms. The Morgan fingerprint density at radius 2 is 1.79 bits per heavy atom. The summed E-state index contributed by atoms with van der Waals surface area (Å²) in [6, 6.07) is 4.72. The largest absolute Gasteiger partial charge is 0.504 e. The van der Waals surface area contributed by atoms with Gasteiger partial charge in [0.15, 0.2) is 11.5 Å². The van der Waals surface area contributed by atoms with E-state index in [0.29, 0.717) is 6.42 Å². The van der Waals surface area contributed by atoms with Crippen molar-refractivity contribution < 1.29 is 15.3 Å². The van der Waals surface area contributed by atoms with E-state index in [2.05, 4.69) is 0 Å². The first-order valence-electron chi connectivity index (χ1n) is 4.56. The summed E-state index contributed by atoms with van der Waals surface area (Å²) in [7, 11) is 0. The van der Waals surface area contributed by atoms with Crippen LogP contribution in [0.1, 0.15) is 19.4 Å². The van der Waals surface area contributed by atoms with Crippen LogP contribution in [0.4, 0.5) is 0 Å². The van der Waals surface area contributed by atoms with Crippen molar-refractivity contribution in [2.75, 3.05) is 6.61 Å². The van der Waals surface area contributed by atoms with Gasteiger partial charge in [0, 0.05) is 6.61 Å². The highest BCUT2D eigenvalue weighted by Gasteiger charge is 2.17. The van der Waals surface area contributed by atoms with Crippen LogP contribution in [0, 0.1) is 5.41 Å². The lowest BCUT2D eigenvalue weighted by atomic mass is 9.87. The van der Waals surface area contributed by atoms with Gasteiger partial charge in [-0.2, -0.15) is 0 Å². The van der Waals surface area contributed by atoms with Crippen molar-refractivity contribution in [3.05, 3.63) is 23.8 Å². The number of phenolic OH excluding ortho intramolecular Hbond substituents is 2. The predicted molar refractivity (Wildman–Crippen MR) is 54.3 cm³/mol. The Morgan fingerprint density at radius 3 is 2.29 bits per heavy atom. The molecule has 0 aromatic heterocycles. The van der Waals surface area contributed by atoms with E-state index in [4.69, 9.17) is 10.2 Å². The molecule has 78 valence electrons. The molecule has 0 bridgehead atoms. The molecule has 0 heterocycles. The second-order valence-corrected chi connectivity index (χ2v) is 4.32. The molecule has 0 aliphatic rings. The van der Waals surface area contributed by atoms with E-state index >= 15 is 0 Å². The highest BCUT2D eigenvalue weighted by atomic mass is 16.3. The minimum atomic E-state index is -0.205. The molecule has 3 heteroatoms. The summed E-state index contributed by atoms with van der Waals surface area (Å²) >= 11 is 0. The summed E-state index contributed by atoms with van der Waals surface area (Å²) in [5.41, 5.74) is 0.697. The number of hydrogen-bond donors (Lipinski definition) is 3. The van der Waals surface area contributed by atoms with Crippen LogP contribution in [0.5, 0.6) is 11.5 Å². The molecule has 1 rings (SSSR count). The Balaban J connectivity index is 2.83. The van der Waals surface area contributed by atoms with Gasteiger partial charge in [-0.05, 0) is 29.5 Å². The van der Waals surface area contributed by atoms with Crippen LogP contribution in [0.3, 0.4) is 0 Å². The van der Waals surface area contributed by atoms with Gasteiger partial charge in [0.05, 0.1) is 0 Å². The number of aliphatic hydroxyl groups is 1. The van der Waals surface area contributed by atoms with Crippen LogP contribution in [-0.4, -0.2) is 21.9 Å². The van der Waals surface area contributed by atoms with E-state index in [1.807, 2.05) is 13.8 Å². The monoisotopic (exact) mass is 196 g/mol. The molecule has 0 radical (unpaired) electrons. The SMILES string of the molecule is CC(C)(CO)Cc1ccc(O)c(O)c1. The molecule has 0 aliphatic carbocycles. The van der Waals surface area contributed by atoms with Gasteiger partial charge in [0.25, 0.3) is 0 Å². The van der Waals surface area contributed by atoms with Gasteiger partial charge in [-0.1, -0.05) is 19.9 Å². The van der Waals surface area contributed by atoms with Crippen LogP contribution in [0.25, 0.3) is 0 Å². The maximum absolute atomic E-state index is 9.26. The second kappa shape index (κ2) is 3.88. The molecular formula is C11H16O3. The molecule has 1 aromatic rings. The van der Waals surface area contributed by atoms with Crippen LogP contribution in [-0.2, 0) is 6.42 Å². The van der Waals surface area contributed by atoms with Crippen LogP contribution in [0.15, 0.2) is 18.2 Å². The van der Waals surface area contributed by atoms with E-state index in [1.165, 1.54) is 12.1 Å². The van der Waals surface area contributed by atoms with Crippen molar-refractivity contribution in [1.29, 1.82) is 0 Å². The summed E-state index contributed by atoms with van der Waals surface area (Å²) in [5.74, 6) is -0.230. The summed E-state index contributed by atoms with van der Waals surface area (Å²) in [6.45, 7) is 3.97. The topological polar surface area (TPSA) is 60.7 Å². The molecule has 0 amide bonds. The first-order valence-corrected chi connectivity index (χ1v) is 4.56. The third-order valence-corrected chi connectivity index (χ3v) is 2.15. The fourth-order valence-corrected chi connectivity index (χ4v) is 1.29. The van der Waals surface area contributed by atoms with Crippen molar-refractivity contribution in [3.8, 4) is 11.5 Å². The molecular weight excluding hydrogens is 180 g/mol. The minimum Gasteiger partial charge on any atom is -0.504 e. The fraction of sp³-hybridized carbons (Fsp3) is 0.455. The highest BCUT2D eigenvalue weighted by molar-refractivity contribution is 5.40. The van der Waals surface area contributed by atoms with Gasteiger partial charge in [-0.15, -0.1) is 0 Å². The summed E-state index contributed by atoms with van der Waals surface area (Å²) in [4.78, 5) is 0. The van der Waals surface area contributed by atoms with Gasteiger partial charge < -0.3 is 15.3 Å². The lowest BCUT2D eigenvalue weighted by Crippen LogP contribution is -2.19. The van der Waals surface area contributed by atoms with Crippen molar-refractivity contribution in [2.45, 2.75) is 20.3 Å². The Bertz CT molecular complexity index is 318. The number of rotatable bonds is 3. The molecule has 0 fully saturated rings. The highest BCUT2D eigenvalue weighted by Crippen LogP contribution is 2.28. The van der Waals surface area contributed by atoms with E-state index in [9.17, 15) is 5.11 Å². The van der Waals surface area contributed by atoms with Gasteiger partial charge in [-0.25, -0.2) is 0 Å². The zero-order chi connectivity index (χ0) is 10.8. The molecule has 3 nitrogen and oxygen atoms in total. The predicted octanol–water partition coefficient (Wildman–Crippen LogP) is 1.66. The fourth-order valence-electron chi connectivity index (χ4n) is 1.29. The molecule has 0 aliphatic heterocycles. The van der Waals surface area contributed by atoms with Crippen molar-refractivity contribution >= 4 is 0 Å². The molecule has 1 aromatic carbocycles. The summed E-state index contributed by atoms with van der Waals surface area (Å²) in [6.07, 6.45) is 0.664. The second-order valence-electron chi connectivity index (χ2n) is 4.32. The van der Waals surface area contributed by atoms with E-state index in [-0.39, 0.29) is 23.5 Å². The van der Waals surface area contributed by atoms with Gasteiger partial charge in [0.2, 0.25) is 0 Å². The zero-order valence-corrected chi connectivity index (χ0v) is 8.49. The lowest BCUT2D eigenvalue weighted by molar-refractivity contribution is 0.159. The standard InChI is InChI=1S/C11H16O3/c1-11(2,7-12)6-8-3-4-9(13)10(14)5-8/h3-5,12-14H,6-7H2,1-2H3. The van der Waals surface area contributed by atoms with Gasteiger partial charge in [-0.3, -0.25) is 0 Å². The number of hydrogen-bond acceptors (Lipinski definition) is 3. The molecule has 3 N–H and O–H groups in total. The van der Waals surface area contributed by atoms with Crippen LogP contribution < -0.4 is 0 Å². The quantitative estimate of drug-likeness (QED) is 0.644. The van der Waals surface area contributed by atoms with Gasteiger partial charge in [0.1, 0.15) is 0 Å². The van der Waals surface area contributed by atoms with Crippen molar-refractivity contribution in [3.63, 3.8) is 0 Å². The lowest BCUT2D eigenvalue weighted by Gasteiger charge is -2.21. The first kappa shape index (κ1) is 10.9. The Hall–Kier alpha value is -1.22. The normalized spacial score (nSPS) is 11.6. The first-order chi connectivity index (χ1) is 6.44. The van der Waals surface area contributed by atoms with E-state index in [1.54, 1.807) is 6.07 Å². The van der Waals surface area contributed by atoms with Crippen molar-refractivity contribution in [1.82, 2.24) is 0 Å². The summed E-state index contributed by atoms with van der Waals surface area (Å²) < 4.78 is 0. The Morgan fingerprint density at radius 1 is 1.14 bits per heavy atom. The molecule has 0 saturated heterocycles. The number of phenols is 2. The van der Waals surface area contributed by atoms with Crippen molar-refractivity contribution in [2.24, 2.45) is 5.41 Å². The molecule has 0 saturated carbocycles. The number of aromatic hydroxyl groups is 2. The van der Waals surface area contributed by atoms with Crippen LogP contribution in [0.2, 0.25) is 0 Å². The van der Waals surface area contributed by atoms with E-state index < -0.39 is 0 Å². The zero-order valence-electron chi connectivity index (χ0n) is 8.49. The maximum atomic E-state index is 9.26. The number of aliphatic hydroxyl groups excluding tert-OH is 1. The smallest absolute Gasteiger partial charge is 0.157 e. The average molecular weight is 196 g/mol. The molecule has 0 atom stereocenters. The van der Waals surface area contributed by atoms with E-state index in [0.717, 1.165) is 5.56 Å². The molecule has 0 unspecified atom stereocenters. The van der Waals surface area contributed by atoms with Gasteiger partial charge >= 0.3 is 0 Å². The Labute approximate surface area is 83.6 Å². The minimum absolute atomic E-state index is 0.0919. The van der Waals surface area contributed by atoms with Crippen LogP contribution >= 0.6 is 0 Å². The third-order valence-electron chi connectivity index (χ3n) is 2.15. The average Bonchev–Trinajstić information content (AvgIpc) is 2.11. The maximum Gasteiger partial charge on any atom is 0.157 e.